The van der Waals surface area contributed by atoms with Crippen molar-refractivity contribution in [2.45, 2.75) is 74.4 Å². The van der Waals surface area contributed by atoms with E-state index in [2.05, 4.69) is 10.2 Å². The minimum absolute atomic E-state index is 0.177. The van der Waals surface area contributed by atoms with Gasteiger partial charge in [-0.05, 0) is 75.6 Å². The van der Waals surface area contributed by atoms with Crippen molar-refractivity contribution in [3.63, 3.8) is 0 Å². The van der Waals surface area contributed by atoms with E-state index in [0.717, 1.165) is 31.0 Å². The molecular weight excluding hydrogens is 470 g/mol. The topological polar surface area (TPSA) is 62.8 Å². The summed E-state index contributed by atoms with van der Waals surface area (Å²) in [6.45, 7) is 3.11. The second-order valence-electron chi connectivity index (χ2n) is 9.19. The average molecular weight is 497 g/mol. The van der Waals surface area contributed by atoms with Crippen molar-refractivity contribution in [1.82, 2.24) is 10.2 Å². The van der Waals surface area contributed by atoms with Crippen LogP contribution in [-0.4, -0.2) is 23.4 Å². The maximum Gasteiger partial charge on any atom is 0.435 e. The Morgan fingerprint density at radius 3 is 2.24 bits per heavy atom. The van der Waals surface area contributed by atoms with Crippen LogP contribution in [0.2, 0.25) is 0 Å². The molecule has 0 aliphatic heterocycles. The molecule has 1 heterocycles. The minimum Gasteiger partial charge on any atom is -0.282 e. The highest BCUT2D eigenvalue weighted by molar-refractivity contribution is 7.92. The van der Waals surface area contributed by atoms with Gasteiger partial charge in [-0.15, -0.1) is 0 Å². The number of hydrogen-bond donors (Lipinski definition) is 1. The van der Waals surface area contributed by atoms with Crippen LogP contribution in [0.5, 0.6) is 0 Å². The molecule has 1 aromatic heterocycles. The highest BCUT2D eigenvalue weighted by Gasteiger charge is 2.48. The van der Waals surface area contributed by atoms with Crippen LogP contribution in [0.25, 0.3) is 0 Å². The molecule has 0 bridgehead atoms. The number of hydrogen-bond acceptors (Lipinski definition) is 3. The maximum atomic E-state index is 13.1. The van der Waals surface area contributed by atoms with Crippen LogP contribution in [0.4, 0.5) is 26.3 Å². The predicted molar refractivity (Wildman–Crippen MR) is 110 cm³/mol. The molecule has 184 valence electrons. The molecule has 0 spiro atoms. The minimum atomic E-state index is -4.62. The molecule has 1 aromatic carbocycles. The van der Waals surface area contributed by atoms with Crippen LogP contribution in [0, 0.1) is 11.8 Å². The lowest BCUT2D eigenvalue weighted by atomic mass is 9.67. The highest BCUT2D eigenvalue weighted by Crippen LogP contribution is 2.48. The standard InChI is InChI=1S/C22H26F6N2O2S/c1-20(2,33(31,32)18-9-5-7-15(12-18)21(23,24)25)16-10-14(11-16)6-3-4-8-17-13-19(30-29-17)22(26,27)28/h5,7,9,12-14,16H,3-4,6,8,10-11H2,1-2H3,(H,29,30). The Labute approximate surface area is 188 Å². The number of unbranched alkanes of at least 4 members (excludes halogenated alkanes) is 1. The van der Waals surface area contributed by atoms with E-state index in [1.807, 2.05) is 0 Å². The second-order valence-corrected chi connectivity index (χ2v) is 11.7. The number of aryl methyl sites for hydroxylation is 1. The third kappa shape index (κ3) is 5.55. The molecule has 0 amide bonds. The molecule has 33 heavy (non-hydrogen) atoms. The van der Waals surface area contributed by atoms with Gasteiger partial charge in [-0.25, -0.2) is 8.42 Å². The van der Waals surface area contributed by atoms with E-state index < -0.39 is 38.2 Å². The van der Waals surface area contributed by atoms with E-state index in [1.165, 1.54) is 6.07 Å². The van der Waals surface area contributed by atoms with E-state index in [0.29, 0.717) is 43.4 Å². The Morgan fingerprint density at radius 1 is 1.00 bits per heavy atom. The van der Waals surface area contributed by atoms with Crippen LogP contribution in [0.3, 0.4) is 0 Å². The Kier molecular flexibility index (Phi) is 6.94. The number of halogens is 6. The number of alkyl halides is 6. The molecule has 1 N–H and O–H groups in total. The van der Waals surface area contributed by atoms with E-state index in [4.69, 9.17) is 0 Å². The molecule has 2 aromatic rings. The molecule has 1 saturated carbocycles. The third-order valence-corrected chi connectivity index (χ3v) is 9.21. The van der Waals surface area contributed by atoms with Gasteiger partial charge in [0.05, 0.1) is 15.2 Å². The first-order valence-electron chi connectivity index (χ1n) is 10.7. The SMILES string of the molecule is CC(C)(C1CC(CCCCc2cc(C(F)(F)F)n[nH]2)C1)S(=O)(=O)c1cccc(C(F)(F)F)c1. The van der Waals surface area contributed by atoms with Gasteiger partial charge in [-0.1, -0.05) is 18.9 Å². The van der Waals surface area contributed by atoms with Crippen molar-refractivity contribution in [3.05, 3.63) is 47.3 Å². The Morgan fingerprint density at radius 2 is 1.67 bits per heavy atom. The second kappa shape index (κ2) is 8.96. The molecule has 3 rings (SSSR count). The quantitative estimate of drug-likeness (QED) is 0.338. The molecule has 1 aliphatic rings. The number of nitrogens with zero attached hydrogens (tertiary/aromatic N) is 1. The molecule has 11 heteroatoms. The lowest BCUT2D eigenvalue weighted by Gasteiger charge is -2.45. The fourth-order valence-electron chi connectivity index (χ4n) is 4.29. The summed E-state index contributed by atoms with van der Waals surface area (Å²) in [5.74, 6) is 0.113. The number of benzene rings is 1. The number of sulfone groups is 1. The van der Waals surface area contributed by atoms with E-state index in [1.54, 1.807) is 13.8 Å². The normalized spacial score (nSPS) is 20.0. The number of H-pyrrole nitrogens is 1. The van der Waals surface area contributed by atoms with Crippen LogP contribution in [0.15, 0.2) is 35.2 Å². The van der Waals surface area contributed by atoms with Crippen LogP contribution >= 0.6 is 0 Å². The fraction of sp³-hybridized carbons (Fsp3) is 0.591. The van der Waals surface area contributed by atoms with Crippen molar-refractivity contribution < 1.29 is 34.8 Å². The first-order valence-corrected chi connectivity index (χ1v) is 12.1. The smallest absolute Gasteiger partial charge is 0.282 e. The largest absolute Gasteiger partial charge is 0.435 e. The first kappa shape index (κ1) is 25.6. The lowest BCUT2D eigenvalue weighted by Crippen LogP contribution is -2.46. The van der Waals surface area contributed by atoms with Gasteiger partial charge in [0.2, 0.25) is 0 Å². The number of aromatic amines is 1. The van der Waals surface area contributed by atoms with Gasteiger partial charge in [0.25, 0.3) is 0 Å². The van der Waals surface area contributed by atoms with Crippen LogP contribution < -0.4 is 0 Å². The van der Waals surface area contributed by atoms with Crippen molar-refractivity contribution in [3.8, 4) is 0 Å². The molecular formula is C22H26F6N2O2S. The van der Waals surface area contributed by atoms with Crippen molar-refractivity contribution >= 4 is 9.84 Å². The predicted octanol–water partition coefficient (Wildman–Crippen LogP) is 6.44. The van der Waals surface area contributed by atoms with Crippen LogP contribution in [0.1, 0.15) is 62.9 Å². The van der Waals surface area contributed by atoms with E-state index >= 15 is 0 Å². The zero-order valence-corrected chi connectivity index (χ0v) is 19.0. The summed E-state index contributed by atoms with van der Waals surface area (Å²) in [5.41, 5.74) is -1.52. The zero-order chi connectivity index (χ0) is 24.7. The first-order chi connectivity index (χ1) is 15.1. The Hall–Kier alpha value is -2.04. The average Bonchev–Trinajstić information content (AvgIpc) is 3.15. The molecule has 1 aliphatic carbocycles. The summed E-state index contributed by atoms with van der Waals surface area (Å²) >= 11 is 0. The Bertz CT molecular complexity index is 1070. The third-order valence-electron chi connectivity index (χ3n) is 6.61. The summed E-state index contributed by atoms with van der Waals surface area (Å²) in [6, 6.07) is 4.83. The van der Waals surface area contributed by atoms with Gasteiger partial charge in [0.1, 0.15) is 0 Å². The maximum absolute atomic E-state index is 13.1. The van der Waals surface area contributed by atoms with Crippen molar-refractivity contribution in [2.24, 2.45) is 11.8 Å². The molecule has 0 unspecified atom stereocenters. The lowest BCUT2D eigenvalue weighted by molar-refractivity contribution is -0.141. The molecule has 0 atom stereocenters. The summed E-state index contributed by atoms with van der Waals surface area (Å²) < 4.78 is 102. The van der Waals surface area contributed by atoms with E-state index in [-0.39, 0.29) is 10.8 Å². The molecule has 4 nitrogen and oxygen atoms in total. The Balaban J connectivity index is 1.51. The molecule has 0 saturated heterocycles. The van der Waals surface area contributed by atoms with Crippen molar-refractivity contribution in [2.75, 3.05) is 0 Å². The van der Waals surface area contributed by atoms with Gasteiger partial charge < -0.3 is 0 Å². The van der Waals surface area contributed by atoms with E-state index in [9.17, 15) is 34.8 Å². The van der Waals surface area contributed by atoms with Gasteiger partial charge in [-0.2, -0.15) is 31.4 Å². The summed E-state index contributed by atoms with van der Waals surface area (Å²) in [5, 5.41) is 5.66. The molecule has 0 radical (unpaired) electrons. The number of rotatable bonds is 8. The summed E-state index contributed by atoms with van der Waals surface area (Å²) in [6.07, 6.45) is -5.10. The van der Waals surface area contributed by atoms with Crippen molar-refractivity contribution in [1.29, 1.82) is 0 Å². The summed E-state index contributed by atoms with van der Waals surface area (Å²) in [7, 11) is -3.98. The van der Waals surface area contributed by atoms with Crippen LogP contribution in [-0.2, 0) is 28.6 Å². The monoisotopic (exact) mass is 496 g/mol. The number of nitrogens with one attached hydrogen (secondary N) is 1. The number of aromatic nitrogens is 2. The summed E-state index contributed by atoms with van der Waals surface area (Å²) in [4.78, 5) is -0.330. The van der Waals surface area contributed by atoms with Gasteiger partial charge in [0.15, 0.2) is 15.5 Å². The highest BCUT2D eigenvalue weighted by atomic mass is 32.2. The fourth-order valence-corrected chi connectivity index (χ4v) is 6.06. The zero-order valence-electron chi connectivity index (χ0n) is 18.2. The van der Waals surface area contributed by atoms with Gasteiger partial charge in [0, 0.05) is 5.69 Å². The van der Waals surface area contributed by atoms with Gasteiger partial charge in [-0.3, -0.25) is 5.10 Å². The van der Waals surface area contributed by atoms with Gasteiger partial charge >= 0.3 is 12.4 Å². The molecule has 1 fully saturated rings.